The predicted molar refractivity (Wildman–Crippen MR) is 91.0 cm³/mol. The summed E-state index contributed by atoms with van der Waals surface area (Å²) in [6.07, 6.45) is 4.25. The van der Waals surface area contributed by atoms with E-state index in [2.05, 4.69) is 39.8 Å². The summed E-state index contributed by atoms with van der Waals surface area (Å²) in [6, 6.07) is 0. The Morgan fingerprint density at radius 3 is 2.18 bits per heavy atom. The Hall–Kier alpha value is -0.383. The first-order valence-corrected chi connectivity index (χ1v) is 10.9. The quantitative estimate of drug-likeness (QED) is 0.621. The molecular formula is C17H32O4Si. The highest BCUT2D eigenvalue weighted by atomic mass is 28.4. The van der Waals surface area contributed by atoms with Gasteiger partial charge in [0.25, 0.3) is 0 Å². The Bertz CT molecular complexity index is 419. The molecule has 0 aromatic carbocycles. The first-order chi connectivity index (χ1) is 9.84. The van der Waals surface area contributed by atoms with Gasteiger partial charge in [0.1, 0.15) is 18.3 Å². The Morgan fingerprint density at radius 1 is 1.27 bits per heavy atom. The zero-order chi connectivity index (χ0) is 17.3. The summed E-state index contributed by atoms with van der Waals surface area (Å²) >= 11 is 0. The van der Waals surface area contributed by atoms with Crippen LogP contribution in [0.15, 0.2) is 0 Å². The van der Waals surface area contributed by atoms with Crippen molar-refractivity contribution in [3.8, 4) is 12.3 Å². The van der Waals surface area contributed by atoms with Crippen LogP contribution in [0, 0.1) is 12.3 Å². The Balaban J connectivity index is 3.00. The first-order valence-electron chi connectivity index (χ1n) is 8.02. The van der Waals surface area contributed by atoms with Crippen LogP contribution in [0.1, 0.15) is 48.0 Å². The molecule has 5 heteroatoms. The lowest BCUT2D eigenvalue weighted by molar-refractivity contribution is -0.158. The first kappa shape index (κ1) is 19.7. The van der Waals surface area contributed by atoms with Gasteiger partial charge in [-0.2, -0.15) is 0 Å². The van der Waals surface area contributed by atoms with Crippen molar-refractivity contribution in [1.29, 1.82) is 0 Å². The molecule has 0 aromatic heterocycles. The van der Waals surface area contributed by atoms with E-state index in [0.29, 0.717) is 6.42 Å². The smallest absolute Gasteiger partial charge is 0.193 e. The van der Waals surface area contributed by atoms with E-state index in [1.807, 2.05) is 20.8 Å². The molecule has 0 radical (unpaired) electrons. The molecule has 0 aliphatic carbocycles. The van der Waals surface area contributed by atoms with E-state index >= 15 is 0 Å². The average molecular weight is 329 g/mol. The van der Waals surface area contributed by atoms with Crippen molar-refractivity contribution >= 4 is 8.32 Å². The van der Waals surface area contributed by atoms with Crippen LogP contribution in [-0.4, -0.2) is 43.6 Å². The van der Waals surface area contributed by atoms with Crippen LogP contribution >= 0.6 is 0 Å². The third kappa shape index (κ3) is 4.33. The molecule has 1 aliphatic rings. The van der Waals surface area contributed by atoms with Crippen molar-refractivity contribution in [3.05, 3.63) is 0 Å². The molecule has 0 amide bonds. The molecule has 1 aliphatic heterocycles. The van der Waals surface area contributed by atoms with Crippen molar-refractivity contribution in [3.63, 3.8) is 0 Å². The van der Waals surface area contributed by atoms with Gasteiger partial charge in [-0.15, -0.1) is 6.42 Å². The fourth-order valence-corrected chi connectivity index (χ4v) is 3.46. The van der Waals surface area contributed by atoms with Crippen LogP contribution in [0.5, 0.6) is 0 Å². The molecule has 1 fully saturated rings. The molecule has 1 rings (SSSR count). The van der Waals surface area contributed by atoms with Crippen molar-refractivity contribution in [2.75, 3.05) is 0 Å². The maximum Gasteiger partial charge on any atom is 0.193 e. The van der Waals surface area contributed by atoms with E-state index < -0.39 is 38.5 Å². The fraction of sp³-hybridized carbons (Fsp3) is 0.882. The van der Waals surface area contributed by atoms with Crippen LogP contribution in [0.2, 0.25) is 18.1 Å². The largest absolute Gasteiger partial charge is 0.401 e. The van der Waals surface area contributed by atoms with E-state index in [1.165, 1.54) is 0 Å². The second-order valence-electron chi connectivity index (χ2n) is 8.01. The highest BCUT2D eigenvalue weighted by molar-refractivity contribution is 6.74. The topological polar surface area (TPSA) is 47.9 Å². The number of hydrogen-bond acceptors (Lipinski definition) is 4. The maximum atomic E-state index is 10.2. The summed E-state index contributed by atoms with van der Waals surface area (Å²) in [5, 5.41) is 10.3. The Morgan fingerprint density at radius 2 is 1.77 bits per heavy atom. The third-order valence-electron chi connectivity index (χ3n) is 4.65. The van der Waals surface area contributed by atoms with E-state index in [1.54, 1.807) is 0 Å². The number of ether oxygens (including phenoxy) is 2. The van der Waals surface area contributed by atoms with Crippen LogP contribution in [0.4, 0.5) is 0 Å². The summed E-state index contributed by atoms with van der Waals surface area (Å²) in [7, 11) is -2.04. The lowest BCUT2D eigenvalue weighted by Gasteiger charge is -2.39. The van der Waals surface area contributed by atoms with Gasteiger partial charge in [0.2, 0.25) is 0 Å². The van der Waals surface area contributed by atoms with E-state index in [9.17, 15) is 5.11 Å². The van der Waals surface area contributed by atoms with E-state index in [-0.39, 0.29) is 5.04 Å². The van der Waals surface area contributed by atoms with Crippen LogP contribution in [0.25, 0.3) is 0 Å². The summed E-state index contributed by atoms with van der Waals surface area (Å²) in [5.41, 5.74) is 0. The van der Waals surface area contributed by atoms with Gasteiger partial charge in [0, 0.05) is 0 Å². The van der Waals surface area contributed by atoms with Gasteiger partial charge in [0.15, 0.2) is 14.1 Å². The van der Waals surface area contributed by atoms with Gasteiger partial charge in [-0.3, -0.25) is 0 Å². The van der Waals surface area contributed by atoms with Gasteiger partial charge in [-0.25, -0.2) is 0 Å². The SMILES string of the molecule is C#C[C@H](O[Si](C)(C)C(C)(C)C)[C@@H]1OC(C)(C)O[C@@H]1[C@H](O)CC. The number of hydrogen-bond donors (Lipinski definition) is 1. The van der Waals surface area contributed by atoms with Crippen LogP contribution < -0.4 is 0 Å². The van der Waals surface area contributed by atoms with Gasteiger partial charge in [-0.1, -0.05) is 33.6 Å². The molecule has 0 saturated carbocycles. The molecule has 0 bridgehead atoms. The second kappa shape index (κ2) is 6.62. The lowest BCUT2D eigenvalue weighted by Crippen LogP contribution is -2.50. The molecule has 22 heavy (non-hydrogen) atoms. The monoisotopic (exact) mass is 328 g/mol. The molecule has 1 saturated heterocycles. The van der Waals surface area contributed by atoms with Gasteiger partial charge < -0.3 is 19.0 Å². The molecular weight excluding hydrogens is 296 g/mol. The minimum absolute atomic E-state index is 0.0515. The van der Waals surface area contributed by atoms with Crippen molar-refractivity contribution < 1.29 is 19.0 Å². The lowest BCUT2D eigenvalue weighted by atomic mass is 10.0. The molecule has 1 heterocycles. The zero-order valence-corrected chi connectivity index (χ0v) is 16.3. The molecule has 4 nitrogen and oxygen atoms in total. The van der Waals surface area contributed by atoms with Crippen LogP contribution in [-0.2, 0) is 13.9 Å². The molecule has 0 aromatic rings. The molecule has 0 unspecified atom stereocenters. The van der Waals surface area contributed by atoms with Gasteiger partial charge in [-0.05, 0) is 38.4 Å². The second-order valence-corrected chi connectivity index (χ2v) is 12.8. The highest BCUT2D eigenvalue weighted by Crippen LogP contribution is 2.40. The number of rotatable bonds is 5. The van der Waals surface area contributed by atoms with Crippen molar-refractivity contribution in [1.82, 2.24) is 0 Å². The van der Waals surface area contributed by atoms with Crippen molar-refractivity contribution in [2.45, 2.75) is 96.3 Å². The predicted octanol–water partition coefficient (Wildman–Crippen LogP) is 3.30. The highest BCUT2D eigenvalue weighted by Gasteiger charge is 2.50. The van der Waals surface area contributed by atoms with E-state index in [0.717, 1.165) is 0 Å². The fourth-order valence-electron chi connectivity index (χ4n) is 2.27. The Kier molecular flexibility index (Phi) is 5.92. The number of terminal acetylenes is 1. The minimum Gasteiger partial charge on any atom is -0.401 e. The third-order valence-corrected chi connectivity index (χ3v) is 9.11. The molecule has 4 atom stereocenters. The number of aliphatic hydroxyl groups excluding tert-OH is 1. The maximum absolute atomic E-state index is 10.2. The normalized spacial score (nSPS) is 28.2. The molecule has 1 N–H and O–H groups in total. The summed E-state index contributed by atoms with van der Waals surface area (Å²) in [4.78, 5) is 0. The summed E-state index contributed by atoms with van der Waals surface area (Å²) < 4.78 is 18.2. The summed E-state index contributed by atoms with van der Waals surface area (Å²) in [5.74, 6) is 1.95. The number of aliphatic hydroxyl groups is 1. The standard InChI is InChI=1S/C17H32O4Si/c1-10-12(18)14-15(20-17(6,7)19-14)13(11-2)21-22(8,9)16(3,4)5/h2,12-15,18H,10H2,1,3-9H3/t12-,13+,14-,15+/m1/s1. The average Bonchev–Trinajstić information content (AvgIpc) is 2.69. The molecule has 0 spiro atoms. The van der Waals surface area contributed by atoms with E-state index in [4.69, 9.17) is 20.3 Å². The zero-order valence-electron chi connectivity index (χ0n) is 15.3. The molecule has 128 valence electrons. The van der Waals surface area contributed by atoms with Crippen molar-refractivity contribution in [2.24, 2.45) is 0 Å². The van der Waals surface area contributed by atoms with Gasteiger partial charge >= 0.3 is 0 Å². The van der Waals surface area contributed by atoms with Crippen LogP contribution in [0.3, 0.4) is 0 Å². The Labute approximate surface area is 136 Å². The van der Waals surface area contributed by atoms with Gasteiger partial charge in [0.05, 0.1) is 6.10 Å². The minimum atomic E-state index is -2.04. The summed E-state index contributed by atoms with van der Waals surface area (Å²) in [6.45, 7) is 16.4.